The minimum Gasteiger partial charge on any atom is -0.339 e. The Bertz CT molecular complexity index is 766. The van der Waals surface area contributed by atoms with Gasteiger partial charge in [-0.1, -0.05) is 32.1 Å². The zero-order valence-corrected chi connectivity index (χ0v) is 18.4. The zero-order chi connectivity index (χ0) is 20.0. The summed E-state index contributed by atoms with van der Waals surface area (Å²) in [7, 11) is -3.61. The van der Waals surface area contributed by atoms with Gasteiger partial charge in [-0.05, 0) is 56.1 Å². The number of benzene rings is 1. The maximum atomic E-state index is 13.1. The van der Waals surface area contributed by atoms with Crippen molar-refractivity contribution in [3.8, 4) is 0 Å². The van der Waals surface area contributed by atoms with E-state index in [1.807, 2.05) is 11.2 Å². The second kappa shape index (κ2) is 10.1. The van der Waals surface area contributed by atoms with E-state index in [1.165, 1.54) is 31.0 Å². The minimum absolute atomic E-state index is 0.0458. The van der Waals surface area contributed by atoms with Crippen molar-refractivity contribution in [1.29, 1.82) is 0 Å². The predicted octanol–water partition coefficient (Wildman–Crippen LogP) is 4.28. The van der Waals surface area contributed by atoms with Crippen LogP contribution in [0.15, 0.2) is 28.0 Å². The lowest BCUT2D eigenvalue weighted by Gasteiger charge is -2.23. The van der Waals surface area contributed by atoms with Crippen LogP contribution < -0.4 is 4.72 Å². The molecule has 1 saturated heterocycles. The highest BCUT2D eigenvalue weighted by Gasteiger charge is 2.24. The van der Waals surface area contributed by atoms with E-state index in [4.69, 9.17) is 0 Å². The number of likely N-dealkylation sites (tertiary alicyclic amines) is 1. The number of rotatable bonds is 6. The van der Waals surface area contributed by atoms with Gasteiger partial charge in [-0.15, -0.1) is 11.8 Å². The molecule has 156 valence electrons. The molecule has 0 bridgehead atoms. The number of nitrogens with one attached hydrogen (secondary N) is 1. The van der Waals surface area contributed by atoms with Crippen LogP contribution in [-0.2, 0) is 10.0 Å². The number of amides is 1. The van der Waals surface area contributed by atoms with Crippen LogP contribution in [0.2, 0.25) is 0 Å². The summed E-state index contributed by atoms with van der Waals surface area (Å²) < 4.78 is 28.5. The second-order valence-corrected chi connectivity index (χ2v) is 10.5. The number of hydrogen-bond acceptors (Lipinski definition) is 4. The van der Waals surface area contributed by atoms with Gasteiger partial charge in [-0.2, -0.15) is 0 Å². The van der Waals surface area contributed by atoms with Gasteiger partial charge in [0, 0.05) is 24.5 Å². The zero-order valence-electron chi connectivity index (χ0n) is 16.8. The average Bonchev–Trinajstić information content (AvgIpc) is 3.01. The summed E-state index contributed by atoms with van der Waals surface area (Å²) in [5, 5.41) is 0. The van der Waals surface area contributed by atoms with Gasteiger partial charge in [-0.25, -0.2) is 13.1 Å². The Morgan fingerprint density at radius 3 is 2.36 bits per heavy atom. The van der Waals surface area contributed by atoms with Crippen LogP contribution in [0.4, 0.5) is 0 Å². The fourth-order valence-electron chi connectivity index (χ4n) is 4.17. The lowest BCUT2D eigenvalue weighted by molar-refractivity contribution is 0.0758. The Morgan fingerprint density at radius 2 is 1.71 bits per heavy atom. The first-order valence-corrected chi connectivity index (χ1v) is 13.2. The predicted molar refractivity (Wildman–Crippen MR) is 114 cm³/mol. The van der Waals surface area contributed by atoms with Crippen LogP contribution in [0.1, 0.15) is 68.1 Å². The molecule has 0 radical (unpaired) electrons. The van der Waals surface area contributed by atoms with Crippen molar-refractivity contribution in [3.63, 3.8) is 0 Å². The lowest BCUT2D eigenvalue weighted by atomic mass is 9.90. The third kappa shape index (κ3) is 5.51. The SMILES string of the molecule is CSc1ccc(S(=O)(=O)NCC2CCCCC2)cc1C(=O)N1CCCCCC1. The molecule has 0 aromatic heterocycles. The van der Waals surface area contributed by atoms with Gasteiger partial charge < -0.3 is 4.90 Å². The summed E-state index contributed by atoms with van der Waals surface area (Å²) in [5.74, 6) is 0.378. The molecular weight excluding hydrogens is 392 g/mol. The molecule has 1 heterocycles. The van der Waals surface area contributed by atoms with Gasteiger partial charge in [0.1, 0.15) is 0 Å². The van der Waals surface area contributed by atoms with Crippen molar-refractivity contribution in [3.05, 3.63) is 23.8 Å². The van der Waals surface area contributed by atoms with E-state index in [0.717, 1.165) is 56.5 Å². The summed E-state index contributed by atoms with van der Waals surface area (Å²) in [6.45, 7) is 2.00. The molecule has 1 aliphatic heterocycles. The monoisotopic (exact) mass is 424 g/mol. The Hall–Kier alpha value is -1.05. The van der Waals surface area contributed by atoms with Gasteiger partial charge >= 0.3 is 0 Å². The van der Waals surface area contributed by atoms with Crippen molar-refractivity contribution < 1.29 is 13.2 Å². The molecule has 1 aromatic carbocycles. The first kappa shape index (κ1) is 21.7. The number of carbonyl (C=O) groups excluding carboxylic acids is 1. The molecule has 0 spiro atoms. The Balaban J connectivity index is 1.77. The number of carbonyl (C=O) groups is 1. The number of sulfonamides is 1. The maximum absolute atomic E-state index is 13.1. The molecule has 1 aromatic rings. The molecule has 2 fully saturated rings. The van der Waals surface area contributed by atoms with Crippen molar-refractivity contribution in [1.82, 2.24) is 9.62 Å². The largest absolute Gasteiger partial charge is 0.339 e. The van der Waals surface area contributed by atoms with E-state index in [1.54, 1.807) is 18.2 Å². The number of thioether (sulfide) groups is 1. The highest BCUT2D eigenvalue weighted by atomic mass is 32.2. The van der Waals surface area contributed by atoms with Crippen LogP contribution in [0.3, 0.4) is 0 Å². The normalized spacial score (nSPS) is 19.4. The van der Waals surface area contributed by atoms with Crippen LogP contribution in [0, 0.1) is 5.92 Å². The highest BCUT2D eigenvalue weighted by Crippen LogP contribution is 2.27. The molecule has 5 nitrogen and oxygen atoms in total. The summed E-state index contributed by atoms with van der Waals surface area (Å²) in [4.78, 5) is 16.0. The van der Waals surface area contributed by atoms with E-state index in [-0.39, 0.29) is 10.8 Å². The summed E-state index contributed by atoms with van der Waals surface area (Å²) >= 11 is 1.49. The number of hydrogen-bond donors (Lipinski definition) is 1. The molecule has 2 aliphatic rings. The first-order valence-electron chi connectivity index (χ1n) is 10.5. The van der Waals surface area contributed by atoms with Gasteiger partial charge in [0.15, 0.2) is 0 Å². The van der Waals surface area contributed by atoms with E-state index in [0.29, 0.717) is 18.0 Å². The third-order valence-corrected chi connectivity index (χ3v) is 8.11. The number of nitrogens with zero attached hydrogens (tertiary/aromatic N) is 1. The molecule has 1 aliphatic carbocycles. The standard InChI is InChI=1S/C21H32N2O3S2/c1-27-20-12-11-18(28(25,26)22-16-17-9-5-4-6-10-17)15-19(20)21(24)23-13-7-2-3-8-14-23/h11-12,15,17,22H,2-10,13-14,16H2,1H3. The van der Waals surface area contributed by atoms with Gasteiger partial charge in [0.05, 0.1) is 10.5 Å². The molecule has 0 unspecified atom stereocenters. The van der Waals surface area contributed by atoms with Crippen molar-refractivity contribution in [2.24, 2.45) is 5.92 Å². The summed E-state index contributed by atoms with van der Waals surface area (Å²) in [5.41, 5.74) is 0.509. The fourth-order valence-corrected chi connectivity index (χ4v) is 5.88. The van der Waals surface area contributed by atoms with Crippen molar-refractivity contribution in [2.75, 3.05) is 25.9 Å². The van der Waals surface area contributed by atoms with Crippen molar-refractivity contribution in [2.45, 2.75) is 67.6 Å². The summed E-state index contributed by atoms with van der Waals surface area (Å²) in [6, 6.07) is 4.96. The molecule has 7 heteroatoms. The van der Waals surface area contributed by atoms with Gasteiger partial charge in [0.2, 0.25) is 10.0 Å². The lowest BCUT2D eigenvalue weighted by Crippen LogP contribution is -2.33. The van der Waals surface area contributed by atoms with E-state index < -0.39 is 10.0 Å². The van der Waals surface area contributed by atoms with E-state index in [9.17, 15) is 13.2 Å². The van der Waals surface area contributed by atoms with Crippen LogP contribution in [-0.4, -0.2) is 45.1 Å². The molecular formula is C21H32N2O3S2. The molecule has 0 atom stereocenters. The average molecular weight is 425 g/mol. The van der Waals surface area contributed by atoms with Crippen LogP contribution in [0.25, 0.3) is 0 Å². The molecule has 1 N–H and O–H groups in total. The van der Waals surface area contributed by atoms with Crippen LogP contribution in [0.5, 0.6) is 0 Å². The summed E-state index contributed by atoms with van der Waals surface area (Å²) in [6.07, 6.45) is 12.1. The van der Waals surface area contributed by atoms with Gasteiger partial charge in [0.25, 0.3) is 5.91 Å². The maximum Gasteiger partial charge on any atom is 0.255 e. The van der Waals surface area contributed by atoms with E-state index >= 15 is 0 Å². The Kier molecular flexibility index (Phi) is 7.83. The van der Waals surface area contributed by atoms with Crippen LogP contribution >= 0.6 is 11.8 Å². The van der Waals surface area contributed by atoms with E-state index in [2.05, 4.69) is 4.72 Å². The molecule has 28 heavy (non-hydrogen) atoms. The quantitative estimate of drug-likeness (QED) is 0.692. The second-order valence-electron chi connectivity index (χ2n) is 7.92. The molecule has 1 amide bonds. The minimum atomic E-state index is -3.61. The van der Waals surface area contributed by atoms with Crippen molar-refractivity contribution >= 4 is 27.7 Å². The third-order valence-electron chi connectivity index (χ3n) is 5.89. The van der Waals surface area contributed by atoms with Gasteiger partial charge in [-0.3, -0.25) is 4.79 Å². The molecule has 1 saturated carbocycles. The topological polar surface area (TPSA) is 66.5 Å². The highest BCUT2D eigenvalue weighted by molar-refractivity contribution is 7.98. The molecule has 3 rings (SSSR count). The Morgan fingerprint density at radius 1 is 1.07 bits per heavy atom. The first-order chi connectivity index (χ1) is 13.5. The fraction of sp³-hybridized carbons (Fsp3) is 0.667. The Labute approximate surface area is 173 Å². The smallest absolute Gasteiger partial charge is 0.255 e.